The van der Waals surface area contributed by atoms with Crippen molar-refractivity contribution >= 4 is 44.4 Å². The number of amides is 1. The average Bonchev–Trinajstić information content (AvgIpc) is 3.40. The van der Waals surface area contributed by atoms with Gasteiger partial charge < -0.3 is 10.6 Å². The van der Waals surface area contributed by atoms with Gasteiger partial charge in [-0.1, -0.05) is 67.8 Å². The molecule has 1 saturated carbocycles. The Balaban J connectivity index is 1.20. The number of rotatable bonds is 10. The van der Waals surface area contributed by atoms with Crippen LogP contribution in [0, 0.1) is 6.92 Å². The van der Waals surface area contributed by atoms with Crippen LogP contribution in [-0.4, -0.2) is 25.7 Å². The number of carbonyl (C=O) groups excluding carboxylic acids is 1. The van der Waals surface area contributed by atoms with Gasteiger partial charge in [-0.3, -0.25) is 13.7 Å². The topological polar surface area (TPSA) is 94.6 Å². The molecule has 3 atom stereocenters. The molecule has 7 nitrogen and oxygen atoms in total. The molecule has 2 aliphatic carbocycles. The maximum Gasteiger partial charge on any atom is 0.262 e. The number of benzene rings is 3. The molecule has 0 aliphatic heterocycles. The number of aromatic nitrogens is 1. The van der Waals surface area contributed by atoms with E-state index in [1.165, 1.54) is 53.1 Å². The van der Waals surface area contributed by atoms with Gasteiger partial charge in [-0.2, -0.15) is 0 Å². The first kappa shape index (κ1) is 29.9. The lowest BCUT2D eigenvalue weighted by Crippen LogP contribution is -2.37. The normalized spacial score (nSPS) is 18.6. The van der Waals surface area contributed by atoms with Gasteiger partial charge in [-0.25, -0.2) is 9.19 Å². The van der Waals surface area contributed by atoms with Crippen molar-refractivity contribution in [1.82, 2.24) is 15.6 Å². The van der Waals surface area contributed by atoms with Crippen molar-refractivity contribution in [3.05, 3.63) is 94.0 Å². The van der Waals surface area contributed by atoms with Crippen molar-refractivity contribution in [1.29, 1.82) is 0 Å². The zero-order valence-corrected chi connectivity index (χ0v) is 26.3. The second-order valence-corrected chi connectivity index (χ2v) is 13.9. The van der Waals surface area contributed by atoms with Crippen LogP contribution in [0.2, 0.25) is 0 Å². The zero-order valence-electron chi connectivity index (χ0n) is 24.6. The maximum atomic E-state index is 13.7. The van der Waals surface area contributed by atoms with Gasteiger partial charge in [0.1, 0.15) is 0 Å². The first-order valence-corrected chi connectivity index (χ1v) is 17.3. The third kappa shape index (κ3) is 7.17. The van der Waals surface area contributed by atoms with Crippen molar-refractivity contribution in [2.75, 3.05) is 4.31 Å². The van der Waals surface area contributed by atoms with E-state index in [1.54, 1.807) is 11.3 Å². The summed E-state index contributed by atoms with van der Waals surface area (Å²) in [7, 11) is 0. The molecule has 3 unspecified atom stereocenters. The summed E-state index contributed by atoms with van der Waals surface area (Å²) in [5, 5.41) is 7.96. The SMILES string of the molecule is Cc1nc2cc(N(C(CC(=O)NC3CCCc4cc(CNC5CCCCC5)ccc43)c3ccccc3)S(=O)O)ccc2s1. The Morgan fingerprint density at radius 3 is 2.65 bits per heavy atom. The van der Waals surface area contributed by atoms with E-state index in [0.29, 0.717) is 11.7 Å². The highest BCUT2D eigenvalue weighted by Crippen LogP contribution is 2.35. The molecule has 9 heteroatoms. The molecule has 43 heavy (non-hydrogen) atoms. The second-order valence-electron chi connectivity index (χ2n) is 11.8. The molecule has 226 valence electrons. The molecule has 1 aromatic heterocycles. The highest BCUT2D eigenvalue weighted by molar-refractivity contribution is 7.80. The third-order valence-corrected chi connectivity index (χ3v) is 10.6. The molecule has 0 spiro atoms. The van der Waals surface area contributed by atoms with Gasteiger partial charge in [-0.15, -0.1) is 11.3 Å². The van der Waals surface area contributed by atoms with E-state index < -0.39 is 17.3 Å². The summed E-state index contributed by atoms with van der Waals surface area (Å²) in [6.07, 6.45) is 9.48. The summed E-state index contributed by atoms with van der Waals surface area (Å²) in [4.78, 5) is 18.3. The van der Waals surface area contributed by atoms with Crippen LogP contribution >= 0.6 is 11.3 Å². The van der Waals surface area contributed by atoms with E-state index in [-0.39, 0.29) is 18.4 Å². The minimum atomic E-state index is -2.36. The van der Waals surface area contributed by atoms with Gasteiger partial charge in [0, 0.05) is 12.6 Å². The van der Waals surface area contributed by atoms with Gasteiger partial charge in [-0.05, 0) is 79.5 Å². The van der Waals surface area contributed by atoms with Crippen LogP contribution in [0.3, 0.4) is 0 Å². The Morgan fingerprint density at radius 1 is 1.05 bits per heavy atom. The Kier molecular flexibility index (Phi) is 9.52. The van der Waals surface area contributed by atoms with Crippen LogP contribution in [-0.2, 0) is 29.0 Å². The number of thiazole rings is 1. The van der Waals surface area contributed by atoms with Crippen molar-refractivity contribution in [3.8, 4) is 0 Å². The lowest BCUT2D eigenvalue weighted by Gasteiger charge is -2.32. The summed E-state index contributed by atoms with van der Waals surface area (Å²) in [6, 6.07) is 21.7. The summed E-state index contributed by atoms with van der Waals surface area (Å²) in [5.41, 5.74) is 5.92. The van der Waals surface area contributed by atoms with Crippen LogP contribution in [0.25, 0.3) is 10.2 Å². The Labute approximate surface area is 260 Å². The summed E-state index contributed by atoms with van der Waals surface area (Å²) < 4.78 is 25.8. The highest BCUT2D eigenvalue weighted by atomic mass is 32.2. The van der Waals surface area contributed by atoms with Gasteiger partial charge in [0.2, 0.25) is 5.91 Å². The second kappa shape index (κ2) is 13.7. The average molecular weight is 617 g/mol. The third-order valence-electron chi connectivity index (χ3n) is 8.80. The number of nitrogens with one attached hydrogen (secondary N) is 2. The fourth-order valence-corrected chi connectivity index (χ4v) is 8.20. The number of hydrogen-bond donors (Lipinski definition) is 3. The van der Waals surface area contributed by atoms with E-state index in [0.717, 1.165) is 46.6 Å². The van der Waals surface area contributed by atoms with Crippen LogP contribution in [0.1, 0.15) is 90.7 Å². The molecule has 0 radical (unpaired) electrons. The molecule has 1 fully saturated rings. The predicted molar refractivity (Wildman–Crippen MR) is 175 cm³/mol. The molecule has 6 rings (SSSR count). The molecule has 3 aromatic carbocycles. The lowest BCUT2D eigenvalue weighted by atomic mass is 9.86. The molecular weight excluding hydrogens is 577 g/mol. The van der Waals surface area contributed by atoms with E-state index in [1.807, 2.05) is 55.5 Å². The van der Waals surface area contributed by atoms with Gasteiger partial charge in [0.15, 0.2) is 0 Å². The van der Waals surface area contributed by atoms with Crippen molar-refractivity contribution in [2.45, 2.75) is 89.4 Å². The van der Waals surface area contributed by atoms with E-state index in [9.17, 15) is 13.6 Å². The standard InChI is InChI=1S/C34H40N4O3S2/c1-23-36-31-20-28(16-18-33(31)42-23)38(43(40)41)32(25-9-4-2-5-10-25)21-34(39)37-30-14-8-11-26-19-24(15-17-29(26)30)22-35-27-12-6-3-7-13-27/h2,4-5,9-10,15-20,27,30,32,35H,3,6-8,11-14,21-22H2,1H3,(H,37,39)(H,40,41). The lowest BCUT2D eigenvalue weighted by molar-refractivity contribution is -0.122. The Morgan fingerprint density at radius 2 is 1.86 bits per heavy atom. The first-order chi connectivity index (χ1) is 20.9. The highest BCUT2D eigenvalue weighted by Gasteiger charge is 2.30. The Bertz CT molecular complexity index is 1590. The number of hydrogen-bond acceptors (Lipinski definition) is 5. The van der Waals surface area contributed by atoms with Crippen LogP contribution in [0.4, 0.5) is 5.69 Å². The maximum absolute atomic E-state index is 13.7. The smallest absolute Gasteiger partial charge is 0.262 e. The number of fused-ring (bicyclic) bond motifs is 2. The molecule has 0 saturated heterocycles. The molecule has 0 bridgehead atoms. The molecular formula is C34H40N4O3S2. The number of aryl methyl sites for hydroxylation is 2. The van der Waals surface area contributed by atoms with Crippen molar-refractivity contribution in [3.63, 3.8) is 0 Å². The first-order valence-electron chi connectivity index (χ1n) is 15.4. The number of anilines is 1. The molecule has 1 amide bonds. The van der Waals surface area contributed by atoms with Crippen molar-refractivity contribution < 1.29 is 13.6 Å². The number of nitrogens with zero attached hydrogens (tertiary/aromatic N) is 2. The van der Waals surface area contributed by atoms with Crippen LogP contribution in [0.5, 0.6) is 0 Å². The van der Waals surface area contributed by atoms with E-state index >= 15 is 0 Å². The minimum Gasteiger partial charge on any atom is -0.349 e. The zero-order chi connectivity index (χ0) is 29.8. The minimum absolute atomic E-state index is 0.0413. The monoisotopic (exact) mass is 616 g/mol. The predicted octanol–water partition coefficient (Wildman–Crippen LogP) is 7.30. The molecule has 4 aromatic rings. The van der Waals surface area contributed by atoms with Crippen LogP contribution in [0.15, 0.2) is 66.7 Å². The van der Waals surface area contributed by atoms with Gasteiger partial charge in [0.05, 0.1) is 39.4 Å². The molecule has 3 N–H and O–H groups in total. The quantitative estimate of drug-likeness (QED) is 0.163. The van der Waals surface area contributed by atoms with Gasteiger partial charge >= 0.3 is 0 Å². The fraction of sp³-hybridized carbons (Fsp3) is 0.412. The van der Waals surface area contributed by atoms with Crippen molar-refractivity contribution in [2.24, 2.45) is 0 Å². The summed E-state index contributed by atoms with van der Waals surface area (Å²) >= 11 is -0.780. The molecule has 2 aliphatic rings. The molecule has 1 heterocycles. The number of carbonyl (C=O) groups is 1. The summed E-state index contributed by atoms with van der Waals surface area (Å²) in [6.45, 7) is 2.83. The van der Waals surface area contributed by atoms with E-state index in [4.69, 9.17) is 0 Å². The fourth-order valence-electron chi connectivity index (χ4n) is 6.68. The van der Waals surface area contributed by atoms with Gasteiger partial charge in [0.25, 0.3) is 11.3 Å². The van der Waals surface area contributed by atoms with E-state index in [2.05, 4.69) is 33.8 Å². The van der Waals surface area contributed by atoms with Crippen LogP contribution < -0.4 is 14.9 Å². The Hall–Kier alpha value is -3.11. The largest absolute Gasteiger partial charge is 0.349 e. The summed E-state index contributed by atoms with van der Waals surface area (Å²) in [5.74, 6) is -0.143.